The van der Waals surface area contributed by atoms with Crippen LogP contribution in [-0.2, 0) is 6.42 Å². The van der Waals surface area contributed by atoms with Gasteiger partial charge in [0, 0.05) is 6.04 Å². The summed E-state index contributed by atoms with van der Waals surface area (Å²) < 4.78 is 0. The Kier molecular flexibility index (Phi) is 3.69. The normalized spacial score (nSPS) is 34.7. The Labute approximate surface area is 111 Å². The third-order valence-corrected chi connectivity index (χ3v) is 5.18. The lowest BCUT2D eigenvalue weighted by Gasteiger charge is -2.33. The summed E-state index contributed by atoms with van der Waals surface area (Å²) in [5, 5.41) is 0. The van der Waals surface area contributed by atoms with Crippen molar-refractivity contribution in [3.63, 3.8) is 0 Å². The van der Waals surface area contributed by atoms with Crippen molar-refractivity contribution in [1.82, 2.24) is 0 Å². The first-order chi connectivity index (χ1) is 8.83. The van der Waals surface area contributed by atoms with Gasteiger partial charge >= 0.3 is 0 Å². The van der Waals surface area contributed by atoms with Crippen molar-refractivity contribution in [3.8, 4) is 0 Å². The number of rotatable bonds is 4. The standard InChI is InChI=1S/C17H25N/c18-16-11-14-9-10-15(12-16)17(14)8-4-7-13-5-2-1-3-6-13/h1-3,5-6,14-17H,4,7-12,18H2/t14-,15+,16?,17?. The van der Waals surface area contributed by atoms with E-state index in [2.05, 4.69) is 30.3 Å². The van der Waals surface area contributed by atoms with Crippen molar-refractivity contribution in [2.24, 2.45) is 23.5 Å². The zero-order valence-corrected chi connectivity index (χ0v) is 11.2. The van der Waals surface area contributed by atoms with Crippen LogP contribution in [0, 0.1) is 17.8 Å². The molecule has 1 aromatic carbocycles. The van der Waals surface area contributed by atoms with E-state index in [0.717, 1.165) is 17.8 Å². The van der Waals surface area contributed by atoms with Gasteiger partial charge in [-0.15, -0.1) is 0 Å². The second-order valence-corrected chi connectivity index (χ2v) is 6.37. The van der Waals surface area contributed by atoms with E-state index < -0.39 is 0 Å². The first-order valence-corrected chi connectivity index (χ1v) is 7.62. The molecule has 2 N–H and O–H groups in total. The van der Waals surface area contributed by atoms with E-state index in [0.29, 0.717) is 6.04 Å². The van der Waals surface area contributed by atoms with Gasteiger partial charge in [-0.1, -0.05) is 30.3 Å². The summed E-state index contributed by atoms with van der Waals surface area (Å²) in [5.41, 5.74) is 7.64. The van der Waals surface area contributed by atoms with Crippen LogP contribution in [0.1, 0.15) is 44.1 Å². The second kappa shape index (κ2) is 5.44. The van der Waals surface area contributed by atoms with Crippen LogP contribution in [0.4, 0.5) is 0 Å². The number of nitrogens with two attached hydrogens (primary N) is 1. The summed E-state index contributed by atoms with van der Waals surface area (Å²) in [5.74, 6) is 2.90. The van der Waals surface area contributed by atoms with Crippen LogP contribution < -0.4 is 5.73 Å². The third kappa shape index (κ3) is 2.61. The molecule has 0 saturated heterocycles. The van der Waals surface area contributed by atoms with Crippen molar-refractivity contribution in [1.29, 1.82) is 0 Å². The fourth-order valence-corrected chi connectivity index (χ4v) is 4.36. The van der Waals surface area contributed by atoms with Crippen LogP contribution in [0.5, 0.6) is 0 Å². The minimum Gasteiger partial charge on any atom is -0.328 e. The van der Waals surface area contributed by atoms with Crippen molar-refractivity contribution >= 4 is 0 Å². The molecule has 3 rings (SSSR count). The molecular formula is C17H25N. The predicted octanol–water partition coefficient (Wildman–Crippen LogP) is 3.77. The molecule has 0 amide bonds. The highest BCUT2D eigenvalue weighted by Gasteiger charge is 2.40. The van der Waals surface area contributed by atoms with Crippen LogP contribution in [0.25, 0.3) is 0 Å². The maximum absolute atomic E-state index is 6.14. The molecule has 0 radical (unpaired) electrons. The van der Waals surface area contributed by atoms with Gasteiger partial charge in [0.05, 0.1) is 0 Å². The molecule has 4 atom stereocenters. The van der Waals surface area contributed by atoms with Crippen LogP contribution in [0.2, 0.25) is 0 Å². The Morgan fingerprint density at radius 2 is 1.67 bits per heavy atom. The van der Waals surface area contributed by atoms with Gasteiger partial charge in [0.1, 0.15) is 0 Å². The van der Waals surface area contributed by atoms with Gasteiger partial charge in [0.15, 0.2) is 0 Å². The first kappa shape index (κ1) is 12.2. The molecule has 1 aromatic rings. The predicted molar refractivity (Wildman–Crippen MR) is 76.3 cm³/mol. The number of hydrogen-bond acceptors (Lipinski definition) is 1. The lowest BCUT2D eigenvalue weighted by atomic mass is 9.74. The van der Waals surface area contributed by atoms with Crippen LogP contribution in [0.15, 0.2) is 30.3 Å². The maximum atomic E-state index is 6.14. The topological polar surface area (TPSA) is 26.0 Å². The summed E-state index contributed by atoms with van der Waals surface area (Å²) in [6.07, 6.45) is 9.54. The molecule has 0 aliphatic heterocycles. The van der Waals surface area contributed by atoms with Crippen molar-refractivity contribution < 1.29 is 0 Å². The highest BCUT2D eigenvalue weighted by molar-refractivity contribution is 5.14. The first-order valence-electron chi connectivity index (χ1n) is 7.62. The van der Waals surface area contributed by atoms with Gasteiger partial charge in [-0.25, -0.2) is 0 Å². The second-order valence-electron chi connectivity index (χ2n) is 6.37. The molecular weight excluding hydrogens is 218 g/mol. The molecule has 98 valence electrons. The van der Waals surface area contributed by atoms with E-state index >= 15 is 0 Å². The molecule has 0 aromatic heterocycles. The van der Waals surface area contributed by atoms with Gasteiger partial charge in [0.25, 0.3) is 0 Å². The van der Waals surface area contributed by atoms with Gasteiger partial charge in [-0.05, 0) is 68.3 Å². The number of fused-ring (bicyclic) bond motifs is 2. The molecule has 2 aliphatic rings. The molecule has 0 spiro atoms. The Hall–Kier alpha value is -0.820. The molecule has 18 heavy (non-hydrogen) atoms. The minimum absolute atomic E-state index is 0.507. The lowest BCUT2D eigenvalue weighted by molar-refractivity contribution is 0.192. The van der Waals surface area contributed by atoms with Crippen LogP contribution >= 0.6 is 0 Å². The summed E-state index contributed by atoms with van der Waals surface area (Å²) in [4.78, 5) is 0. The fraction of sp³-hybridized carbons (Fsp3) is 0.647. The SMILES string of the molecule is NC1C[C@H]2CC[C@@H](C1)C2CCCc1ccccc1. The van der Waals surface area contributed by atoms with Gasteiger partial charge < -0.3 is 5.73 Å². The van der Waals surface area contributed by atoms with Gasteiger partial charge in [-0.2, -0.15) is 0 Å². The Balaban J connectivity index is 1.49. The van der Waals surface area contributed by atoms with Gasteiger partial charge in [-0.3, -0.25) is 0 Å². The summed E-state index contributed by atoms with van der Waals surface area (Å²) in [6, 6.07) is 11.4. The summed E-state index contributed by atoms with van der Waals surface area (Å²) >= 11 is 0. The number of benzene rings is 1. The molecule has 1 heteroatoms. The van der Waals surface area contributed by atoms with E-state index in [1.807, 2.05) is 0 Å². The molecule has 2 aliphatic carbocycles. The van der Waals surface area contributed by atoms with E-state index in [9.17, 15) is 0 Å². The average Bonchev–Trinajstić information content (AvgIpc) is 2.63. The quantitative estimate of drug-likeness (QED) is 0.856. The monoisotopic (exact) mass is 243 g/mol. The zero-order chi connectivity index (χ0) is 12.4. The minimum atomic E-state index is 0.507. The zero-order valence-electron chi connectivity index (χ0n) is 11.2. The Bertz CT molecular complexity index is 358. The smallest absolute Gasteiger partial charge is 0.00443 e. The van der Waals surface area contributed by atoms with E-state index in [1.54, 1.807) is 0 Å². The summed E-state index contributed by atoms with van der Waals surface area (Å²) in [6.45, 7) is 0. The Morgan fingerprint density at radius 3 is 2.33 bits per heavy atom. The van der Waals surface area contributed by atoms with E-state index in [-0.39, 0.29) is 0 Å². The maximum Gasteiger partial charge on any atom is 0.00443 e. The molecule has 1 nitrogen and oxygen atoms in total. The van der Waals surface area contributed by atoms with Crippen LogP contribution in [-0.4, -0.2) is 6.04 Å². The third-order valence-electron chi connectivity index (χ3n) is 5.18. The average molecular weight is 243 g/mol. The molecule has 2 saturated carbocycles. The van der Waals surface area contributed by atoms with Gasteiger partial charge in [0.2, 0.25) is 0 Å². The number of aryl methyl sites for hydroxylation is 1. The van der Waals surface area contributed by atoms with E-state index in [4.69, 9.17) is 5.73 Å². The fourth-order valence-electron chi connectivity index (χ4n) is 4.36. The molecule has 2 bridgehead atoms. The van der Waals surface area contributed by atoms with Crippen molar-refractivity contribution in [3.05, 3.63) is 35.9 Å². The largest absolute Gasteiger partial charge is 0.328 e. The highest BCUT2D eigenvalue weighted by atomic mass is 14.7. The Morgan fingerprint density at radius 1 is 1.00 bits per heavy atom. The molecule has 2 fully saturated rings. The number of hydrogen-bond donors (Lipinski definition) is 1. The summed E-state index contributed by atoms with van der Waals surface area (Å²) in [7, 11) is 0. The van der Waals surface area contributed by atoms with Crippen molar-refractivity contribution in [2.75, 3.05) is 0 Å². The van der Waals surface area contributed by atoms with Crippen LogP contribution in [0.3, 0.4) is 0 Å². The van der Waals surface area contributed by atoms with Crippen molar-refractivity contribution in [2.45, 2.75) is 51.0 Å². The van der Waals surface area contributed by atoms with E-state index in [1.165, 1.54) is 50.5 Å². The molecule has 2 unspecified atom stereocenters. The molecule has 0 heterocycles. The lowest BCUT2D eigenvalue weighted by Crippen LogP contribution is -2.34. The highest BCUT2D eigenvalue weighted by Crippen LogP contribution is 2.48.